The summed E-state index contributed by atoms with van der Waals surface area (Å²) in [6, 6.07) is 4.17. The van der Waals surface area contributed by atoms with Crippen molar-refractivity contribution in [1.82, 2.24) is 4.90 Å². The van der Waals surface area contributed by atoms with Crippen molar-refractivity contribution in [2.75, 3.05) is 26.7 Å². The molecule has 4 nitrogen and oxygen atoms in total. The Morgan fingerprint density at radius 3 is 2.55 bits per heavy atom. The number of nitrogens with zero attached hydrogens (tertiary/aromatic N) is 1. The van der Waals surface area contributed by atoms with Gasteiger partial charge in [-0.1, -0.05) is 0 Å². The van der Waals surface area contributed by atoms with Crippen LogP contribution in [0.3, 0.4) is 0 Å². The highest BCUT2D eigenvalue weighted by Crippen LogP contribution is 2.23. The molecule has 1 aromatic rings. The molecule has 4 heteroatoms. The van der Waals surface area contributed by atoms with Crippen LogP contribution < -0.4 is 10.5 Å². The van der Waals surface area contributed by atoms with Crippen molar-refractivity contribution in [3.63, 3.8) is 0 Å². The lowest BCUT2D eigenvalue weighted by molar-refractivity contribution is 0.0909. The average molecular weight is 276 g/mol. The maximum atomic E-state index is 12.5. The van der Waals surface area contributed by atoms with Gasteiger partial charge in [-0.25, -0.2) is 0 Å². The van der Waals surface area contributed by atoms with E-state index in [1.807, 2.05) is 26.0 Å². The van der Waals surface area contributed by atoms with Crippen molar-refractivity contribution in [2.45, 2.75) is 32.7 Å². The predicted molar refractivity (Wildman–Crippen MR) is 80.4 cm³/mol. The summed E-state index contributed by atoms with van der Waals surface area (Å²) >= 11 is 0. The largest absolute Gasteiger partial charge is 0.496 e. The molecule has 1 fully saturated rings. The molecule has 0 atom stereocenters. The number of methoxy groups -OCH3 is 1. The van der Waals surface area contributed by atoms with Crippen LogP contribution in [0, 0.1) is 13.8 Å². The number of likely N-dealkylation sites (tertiary alicyclic amines) is 1. The number of aryl methyl sites for hydroxylation is 2. The second-order valence-electron chi connectivity index (χ2n) is 5.67. The monoisotopic (exact) mass is 276 g/mol. The minimum atomic E-state index is 0.184. The number of ether oxygens (including phenoxy) is 1. The van der Waals surface area contributed by atoms with Crippen LogP contribution in [-0.2, 0) is 0 Å². The molecule has 0 aliphatic carbocycles. The summed E-state index contributed by atoms with van der Waals surface area (Å²) in [4.78, 5) is 14.7. The fourth-order valence-electron chi connectivity index (χ4n) is 2.71. The quantitative estimate of drug-likeness (QED) is 0.854. The molecule has 1 aliphatic heterocycles. The van der Waals surface area contributed by atoms with Gasteiger partial charge in [-0.05, 0) is 49.9 Å². The van der Waals surface area contributed by atoms with E-state index in [9.17, 15) is 4.79 Å². The van der Waals surface area contributed by atoms with E-state index in [-0.39, 0.29) is 5.78 Å². The highest BCUT2D eigenvalue weighted by atomic mass is 16.5. The Morgan fingerprint density at radius 2 is 1.95 bits per heavy atom. The molecule has 0 unspecified atom stereocenters. The Labute approximate surface area is 120 Å². The van der Waals surface area contributed by atoms with Gasteiger partial charge in [0.1, 0.15) is 5.75 Å². The standard InChI is InChI=1S/C16H24N2O2/c1-11-9-16(20-3)12(2)8-14(11)15(19)10-18-6-4-13(17)5-7-18/h8-9,13H,4-7,10,17H2,1-3H3. The van der Waals surface area contributed by atoms with Crippen molar-refractivity contribution in [2.24, 2.45) is 5.73 Å². The number of nitrogens with two attached hydrogens (primary N) is 1. The van der Waals surface area contributed by atoms with Crippen LogP contribution in [0.4, 0.5) is 0 Å². The minimum Gasteiger partial charge on any atom is -0.496 e. The highest BCUT2D eigenvalue weighted by Gasteiger charge is 2.20. The molecule has 0 bridgehead atoms. The molecule has 0 saturated carbocycles. The smallest absolute Gasteiger partial charge is 0.177 e. The van der Waals surface area contributed by atoms with Gasteiger partial charge in [0.05, 0.1) is 13.7 Å². The Morgan fingerprint density at radius 1 is 1.30 bits per heavy atom. The average Bonchev–Trinajstić information content (AvgIpc) is 2.43. The number of piperidine rings is 1. The zero-order valence-electron chi connectivity index (χ0n) is 12.6. The fraction of sp³-hybridized carbons (Fsp3) is 0.562. The second kappa shape index (κ2) is 6.37. The number of ketones is 1. The maximum absolute atomic E-state index is 12.5. The summed E-state index contributed by atoms with van der Waals surface area (Å²) in [5.41, 5.74) is 8.67. The Bertz CT molecular complexity index is 491. The first-order chi connectivity index (χ1) is 9.51. The topological polar surface area (TPSA) is 55.6 Å². The Balaban J connectivity index is 2.07. The lowest BCUT2D eigenvalue weighted by Crippen LogP contribution is -2.42. The number of benzene rings is 1. The Kier molecular flexibility index (Phi) is 4.78. The van der Waals surface area contributed by atoms with Crippen LogP contribution in [0.1, 0.15) is 34.3 Å². The lowest BCUT2D eigenvalue weighted by Gasteiger charge is -2.29. The van der Waals surface area contributed by atoms with E-state index in [1.165, 1.54) is 0 Å². The van der Waals surface area contributed by atoms with E-state index in [1.54, 1.807) is 7.11 Å². The van der Waals surface area contributed by atoms with Crippen molar-refractivity contribution in [3.05, 3.63) is 28.8 Å². The zero-order valence-corrected chi connectivity index (χ0v) is 12.6. The van der Waals surface area contributed by atoms with Gasteiger partial charge in [-0.2, -0.15) is 0 Å². The van der Waals surface area contributed by atoms with E-state index in [2.05, 4.69) is 4.90 Å². The lowest BCUT2D eigenvalue weighted by atomic mass is 9.99. The third kappa shape index (κ3) is 3.38. The third-order valence-corrected chi connectivity index (χ3v) is 4.04. The van der Waals surface area contributed by atoms with Crippen molar-refractivity contribution >= 4 is 5.78 Å². The second-order valence-corrected chi connectivity index (χ2v) is 5.67. The van der Waals surface area contributed by atoms with E-state index in [0.717, 1.165) is 48.4 Å². The number of hydrogen-bond donors (Lipinski definition) is 1. The van der Waals surface area contributed by atoms with Crippen molar-refractivity contribution in [1.29, 1.82) is 0 Å². The Hall–Kier alpha value is -1.39. The van der Waals surface area contributed by atoms with E-state index in [4.69, 9.17) is 10.5 Å². The van der Waals surface area contributed by atoms with Crippen LogP contribution in [0.5, 0.6) is 5.75 Å². The molecule has 20 heavy (non-hydrogen) atoms. The summed E-state index contributed by atoms with van der Waals surface area (Å²) in [5.74, 6) is 1.02. The first-order valence-corrected chi connectivity index (χ1v) is 7.17. The van der Waals surface area contributed by atoms with E-state index in [0.29, 0.717) is 12.6 Å². The van der Waals surface area contributed by atoms with Gasteiger partial charge in [0.25, 0.3) is 0 Å². The van der Waals surface area contributed by atoms with Gasteiger partial charge in [0.2, 0.25) is 0 Å². The predicted octanol–water partition coefficient (Wildman–Crippen LogP) is 1.92. The van der Waals surface area contributed by atoms with Crippen LogP contribution in [0.2, 0.25) is 0 Å². The molecule has 0 aromatic heterocycles. The van der Waals surface area contributed by atoms with Gasteiger partial charge in [-0.15, -0.1) is 0 Å². The zero-order chi connectivity index (χ0) is 14.7. The molecular formula is C16H24N2O2. The normalized spacial score (nSPS) is 17.2. The number of carbonyl (C=O) groups excluding carboxylic acids is 1. The summed E-state index contributed by atoms with van der Waals surface area (Å²) in [7, 11) is 1.65. The van der Waals surface area contributed by atoms with Crippen molar-refractivity contribution < 1.29 is 9.53 Å². The van der Waals surface area contributed by atoms with E-state index < -0.39 is 0 Å². The van der Waals surface area contributed by atoms with Gasteiger partial charge >= 0.3 is 0 Å². The molecule has 1 saturated heterocycles. The molecule has 2 rings (SSSR count). The highest BCUT2D eigenvalue weighted by molar-refractivity contribution is 5.99. The van der Waals surface area contributed by atoms with Crippen LogP contribution >= 0.6 is 0 Å². The number of Topliss-reactive ketones (excluding diaryl/α,β-unsaturated/α-hetero) is 1. The van der Waals surface area contributed by atoms with Crippen LogP contribution in [0.15, 0.2) is 12.1 Å². The maximum Gasteiger partial charge on any atom is 0.177 e. The molecule has 1 heterocycles. The molecule has 2 N–H and O–H groups in total. The summed E-state index contributed by atoms with van der Waals surface area (Å²) in [5, 5.41) is 0. The molecule has 0 radical (unpaired) electrons. The summed E-state index contributed by atoms with van der Waals surface area (Å²) in [6.45, 7) is 6.25. The van der Waals surface area contributed by atoms with Crippen LogP contribution in [0.25, 0.3) is 0 Å². The summed E-state index contributed by atoms with van der Waals surface area (Å²) < 4.78 is 5.29. The van der Waals surface area contributed by atoms with Gasteiger partial charge in [-0.3, -0.25) is 9.69 Å². The molecule has 1 aromatic carbocycles. The SMILES string of the molecule is COc1cc(C)c(C(=O)CN2CCC(N)CC2)cc1C. The first kappa shape index (κ1) is 15.0. The van der Waals surface area contributed by atoms with Gasteiger partial charge in [0, 0.05) is 24.7 Å². The molecule has 110 valence electrons. The third-order valence-electron chi connectivity index (χ3n) is 4.04. The van der Waals surface area contributed by atoms with Crippen molar-refractivity contribution in [3.8, 4) is 5.75 Å². The molecule has 0 spiro atoms. The summed E-state index contributed by atoms with van der Waals surface area (Å²) in [6.07, 6.45) is 1.96. The molecular weight excluding hydrogens is 252 g/mol. The van der Waals surface area contributed by atoms with Gasteiger partial charge in [0.15, 0.2) is 5.78 Å². The fourth-order valence-corrected chi connectivity index (χ4v) is 2.71. The first-order valence-electron chi connectivity index (χ1n) is 7.17. The van der Waals surface area contributed by atoms with E-state index >= 15 is 0 Å². The number of carbonyl (C=O) groups is 1. The van der Waals surface area contributed by atoms with Crippen LogP contribution in [-0.4, -0.2) is 43.5 Å². The molecule has 1 aliphatic rings. The van der Waals surface area contributed by atoms with Gasteiger partial charge < -0.3 is 10.5 Å². The minimum absolute atomic E-state index is 0.184. The number of rotatable bonds is 4. The molecule has 0 amide bonds. The number of hydrogen-bond acceptors (Lipinski definition) is 4.